The maximum absolute atomic E-state index is 13.3. The highest BCUT2D eigenvalue weighted by atomic mass is 32.2. The van der Waals surface area contributed by atoms with Crippen molar-refractivity contribution in [1.29, 1.82) is 0 Å². The quantitative estimate of drug-likeness (QED) is 0.600. The number of anilines is 2. The van der Waals surface area contributed by atoms with Gasteiger partial charge >= 0.3 is 0 Å². The van der Waals surface area contributed by atoms with Crippen LogP contribution in [0.4, 0.5) is 11.8 Å². The van der Waals surface area contributed by atoms with Crippen LogP contribution in [0.2, 0.25) is 0 Å². The molecule has 5 rings (SSSR count). The van der Waals surface area contributed by atoms with E-state index in [9.17, 15) is 8.42 Å². The third-order valence-corrected chi connectivity index (χ3v) is 7.94. The molecular weight excluding hydrogens is 426 g/mol. The van der Waals surface area contributed by atoms with E-state index < -0.39 is 10.0 Å². The Morgan fingerprint density at radius 1 is 0.812 bits per heavy atom. The van der Waals surface area contributed by atoms with Crippen molar-refractivity contribution in [2.75, 3.05) is 62.3 Å². The summed E-state index contributed by atoms with van der Waals surface area (Å²) >= 11 is 0. The van der Waals surface area contributed by atoms with Gasteiger partial charge in [-0.15, -0.1) is 0 Å². The zero-order valence-electron chi connectivity index (χ0n) is 18.1. The number of aryl methyl sites for hydroxylation is 1. The van der Waals surface area contributed by atoms with E-state index in [4.69, 9.17) is 9.72 Å². The Balaban J connectivity index is 1.31. The summed E-state index contributed by atoms with van der Waals surface area (Å²) in [4.78, 5) is 14.0. The number of fused-ring (bicyclic) bond motifs is 1. The SMILES string of the molecule is Cc1cc(N2CCN(S(=O)(=O)c3ccc4ccccc4c3)CC2)nc(N2CCOCC2)n1. The number of sulfonamides is 1. The molecule has 32 heavy (non-hydrogen) atoms. The van der Waals surface area contributed by atoms with Gasteiger partial charge in [0.2, 0.25) is 16.0 Å². The molecule has 0 N–H and O–H groups in total. The van der Waals surface area contributed by atoms with Crippen LogP contribution in [0.1, 0.15) is 5.69 Å². The smallest absolute Gasteiger partial charge is 0.243 e. The van der Waals surface area contributed by atoms with Gasteiger partial charge in [-0.3, -0.25) is 0 Å². The highest BCUT2D eigenvalue weighted by Crippen LogP contribution is 2.25. The number of hydrogen-bond donors (Lipinski definition) is 0. The van der Waals surface area contributed by atoms with Crippen molar-refractivity contribution in [3.05, 3.63) is 54.2 Å². The summed E-state index contributed by atoms with van der Waals surface area (Å²) in [6.45, 7) is 6.90. The van der Waals surface area contributed by atoms with Gasteiger partial charge < -0.3 is 14.5 Å². The van der Waals surface area contributed by atoms with Crippen LogP contribution in [0.15, 0.2) is 53.4 Å². The Morgan fingerprint density at radius 3 is 2.28 bits per heavy atom. The van der Waals surface area contributed by atoms with E-state index in [2.05, 4.69) is 14.8 Å². The van der Waals surface area contributed by atoms with Gasteiger partial charge in [-0.1, -0.05) is 30.3 Å². The van der Waals surface area contributed by atoms with Crippen molar-refractivity contribution in [2.45, 2.75) is 11.8 Å². The standard InChI is InChI=1S/C23H27N5O3S/c1-18-16-22(25-23(24-18)27-12-14-31-15-13-27)26-8-10-28(11-9-26)32(29,30)21-7-6-19-4-2-3-5-20(19)17-21/h2-7,16-17H,8-15H2,1H3. The van der Waals surface area contributed by atoms with Gasteiger partial charge in [-0.2, -0.15) is 9.29 Å². The summed E-state index contributed by atoms with van der Waals surface area (Å²) in [6.07, 6.45) is 0. The zero-order valence-corrected chi connectivity index (χ0v) is 19.0. The molecule has 168 valence electrons. The van der Waals surface area contributed by atoms with Crippen molar-refractivity contribution in [3.8, 4) is 0 Å². The van der Waals surface area contributed by atoms with Gasteiger partial charge in [0.15, 0.2) is 0 Å². The molecule has 2 aliphatic heterocycles. The number of nitrogens with zero attached hydrogens (tertiary/aromatic N) is 5. The molecule has 8 nitrogen and oxygen atoms in total. The Morgan fingerprint density at radius 2 is 1.53 bits per heavy atom. The van der Waals surface area contributed by atoms with Gasteiger partial charge in [0.05, 0.1) is 18.1 Å². The molecule has 3 heterocycles. The van der Waals surface area contributed by atoms with E-state index in [1.807, 2.05) is 43.3 Å². The van der Waals surface area contributed by atoms with E-state index in [1.54, 1.807) is 16.4 Å². The number of hydrogen-bond acceptors (Lipinski definition) is 7. The van der Waals surface area contributed by atoms with E-state index >= 15 is 0 Å². The molecule has 0 saturated carbocycles. The lowest BCUT2D eigenvalue weighted by atomic mass is 10.1. The summed E-state index contributed by atoms with van der Waals surface area (Å²) in [7, 11) is -3.54. The van der Waals surface area contributed by atoms with E-state index in [1.165, 1.54) is 0 Å². The van der Waals surface area contributed by atoms with Gasteiger partial charge in [0.1, 0.15) is 5.82 Å². The van der Waals surface area contributed by atoms with Gasteiger partial charge in [0.25, 0.3) is 0 Å². The molecule has 1 aromatic heterocycles. The molecule has 2 aliphatic rings. The molecule has 2 fully saturated rings. The molecular formula is C23H27N5O3S. The summed E-state index contributed by atoms with van der Waals surface area (Å²) in [6, 6.07) is 15.1. The fourth-order valence-corrected chi connectivity index (χ4v) is 5.70. The van der Waals surface area contributed by atoms with Crippen LogP contribution >= 0.6 is 0 Å². The fourth-order valence-electron chi connectivity index (χ4n) is 4.24. The lowest BCUT2D eigenvalue weighted by Gasteiger charge is -2.35. The highest BCUT2D eigenvalue weighted by molar-refractivity contribution is 7.89. The Labute approximate surface area is 188 Å². The zero-order chi connectivity index (χ0) is 22.1. The second-order valence-corrected chi connectivity index (χ2v) is 10.1. The Bertz CT molecular complexity index is 1220. The fraction of sp³-hybridized carbons (Fsp3) is 0.391. The predicted octanol–water partition coefficient (Wildman–Crippen LogP) is 2.29. The summed E-state index contributed by atoms with van der Waals surface area (Å²) in [5.74, 6) is 1.57. The topological polar surface area (TPSA) is 78.9 Å². The van der Waals surface area contributed by atoms with Crippen LogP contribution in [-0.4, -0.2) is 75.2 Å². The number of aromatic nitrogens is 2. The summed E-state index contributed by atoms with van der Waals surface area (Å²) in [5, 5.41) is 1.96. The van der Waals surface area contributed by atoms with E-state index in [-0.39, 0.29) is 0 Å². The van der Waals surface area contributed by atoms with Crippen molar-refractivity contribution in [1.82, 2.24) is 14.3 Å². The van der Waals surface area contributed by atoms with E-state index in [0.717, 1.165) is 41.3 Å². The molecule has 0 aliphatic carbocycles. The molecule has 0 radical (unpaired) electrons. The molecule has 0 bridgehead atoms. The van der Waals surface area contributed by atoms with Crippen LogP contribution in [0.25, 0.3) is 10.8 Å². The van der Waals surface area contributed by atoms with Gasteiger partial charge in [-0.05, 0) is 29.8 Å². The number of rotatable bonds is 4. The first-order valence-electron chi connectivity index (χ1n) is 10.9. The maximum Gasteiger partial charge on any atom is 0.243 e. The van der Waals surface area contributed by atoms with Gasteiger partial charge in [-0.25, -0.2) is 13.4 Å². The van der Waals surface area contributed by atoms with Crippen molar-refractivity contribution < 1.29 is 13.2 Å². The van der Waals surface area contributed by atoms with Crippen molar-refractivity contribution in [3.63, 3.8) is 0 Å². The largest absolute Gasteiger partial charge is 0.378 e. The number of morpholine rings is 1. The predicted molar refractivity (Wildman–Crippen MR) is 125 cm³/mol. The molecule has 2 saturated heterocycles. The van der Waals surface area contributed by atoms with Crippen molar-refractivity contribution >= 4 is 32.6 Å². The average molecular weight is 454 g/mol. The third kappa shape index (κ3) is 4.15. The minimum absolute atomic E-state index is 0.345. The highest BCUT2D eigenvalue weighted by Gasteiger charge is 2.29. The molecule has 3 aromatic rings. The first-order valence-corrected chi connectivity index (χ1v) is 12.4. The average Bonchev–Trinajstić information content (AvgIpc) is 2.84. The summed E-state index contributed by atoms with van der Waals surface area (Å²) < 4.78 is 33.5. The van der Waals surface area contributed by atoms with Crippen LogP contribution < -0.4 is 9.80 Å². The van der Waals surface area contributed by atoms with E-state index in [0.29, 0.717) is 44.3 Å². The van der Waals surface area contributed by atoms with Crippen molar-refractivity contribution in [2.24, 2.45) is 0 Å². The van der Waals surface area contributed by atoms with Crippen LogP contribution in [0.5, 0.6) is 0 Å². The first-order chi connectivity index (χ1) is 15.5. The Hall–Kier alpha value is -2.75. The number of piperazine rings is 1. The molecule has 0 amide bonds. The number of ether oxygens (including phenoxy) is 1. The lowest BCUT2D eigenvalue weighted by Crippen LogP contribution is -2.49. The third-order valence-electron chi connectivity index (χ3n) is 6.04. The second kappa shape index (κ2) is 8.65. The molecule has 0 unspecified atom stereocenters. The van der Waals surface area contributed by atoms with Crippen LogP contribution in [0.3, 0.4) is 0 Å². The monoisotopic (exact) mass is 453 g/mol. The minimum atomic E-state index is -3.54. The van der Waals surface area contributed by atoms with Crippen LogP contribution in [0, 0.1) is 6.92 Å². The van der Waals surface area contributed by atoms with Crippen LogP contribution in [-0.2, 0) is 14.8 Å². The minimum Gasteiger partial charge on any atom is -0.378 e. The maximum atomic E-state index is 13.3. The molecule has 2 aromatic carbocycles. The lowest BCUT2D eigenvalue weighted by molar-refractivity contribution is 0.122. The normalized spacial score (nSPS) is 18.3. The Kier molecular flexibility index (Phi) is 5.71. The number of benzene rings is 2. The second-order valence-electron chi connectivity index (χ2n) is 8.17. The molecule has 9 heteroatoms. The molecule has 0 atom stereocenters. The van der Waals surface area contributed by atoms with Gasteiger partial charge in [0, 0.05) is 51.0 Å². The summed E-state index contributed by atoms with van der Waals surface area (Å²) in [5.41, 5.74) is 0.905. The first kappa shape index (κ1) is 21.1. The molecule has 0 spiro atoms.